The highest BCUT2D eigenvalue weighted by Gasteiger charge is 2.48. The van der Waals surface area contributed by atoms with Gasteiger partial charge in [-0.05, 0) is 73.9 Å². The quantitative estimate of drug-likeness (QED) is 0.196. The monoisotopic (exact) mass is 542 g/mol. The Hall–Kier alpha value is -4.37. The summed E-state index contributed by atoms with van der Waals surface area (Å²) in [5.41, 5.74) is 3.82. The molecule has 8 nitrogen and oxygen atoms in total. The van der Waals surface area contributed by atoms with E-state index in [9.17, 15) is 14.7 Å². The number of aromatic nitrogens is 1. The van der Waals surface area contributed by atoms with Crippen molar-refractivity contribution in [3.63, 3.8) is 0 Å². The smallest absolute Gasteiger partial charge is 0.301 e. The van der Waals surface area contributed by atoms with Gasteiger partial charge in [0.2, 0.25) is 0 Å². The molecule has 0 aliphatic carbocycles. The number of ether oxygens (including phenoxy) is 3. The summed E-state index contributed by atoms with van der Waals surface area (Å²) in [7, 11) is 0. The maximum absolute atomic E-state index is 13.6. The van der Waals surface area contributed by atoms with E-state index >= 15 is 0 Å². The van der Waals surface area contributed by atoms with Gasteiger partial charge in [-0.2, -0.15) is 0 Å². The van der Waals surface area contributed by atoms with Crippen LogP contribution in [0.4, 0.5) is 5.13 Å². The van der Waals surface area contributed by atoms with E-state index in [-0.39, 0.29) is 11.3 Å². The fourth-order valence-electron chi connectivity index (χ4n) is 5.07. The van der Waals surface area contributed by atoms with Crippen LogP contribution in [-0.2, 0) is 9.59 Å². The summed E-state index contributed by atoms with van der Waals surface area (Å²) in [6.07, 6.45) is 0. The number of aliphatic hydroxyl groups is 1. The van der Waals surface area contributed by atoms with Crippen molar-refractivity contribution in [2.75, 3.05) is 24.7 Å². The number of nitrogens with zero attached hydrogens (tertiary/aromatic N) is 2. The lowest BCUT2D eigenvalue weighted by molar-refractivity contribution is -0.132. The summed E-state index contributed by atoms with van der Waals surface area (Å²) in [5, 5.41) is 11.9. The lowest BCUT2D eigenvalue weighted by Gasteiger charge is -2.23. The van der Waals surface area contributed by atoms with Crippen LogP contribution in [0.15, 0.2) is 60.2 Å². The molecule has 2 aliphatic heterocycles. The second-order valence-electron chi connectivity index (χ2n) is 9.45. The number of amides is 1. The van der Waals surface area contributed by atoms with Crippen LogP contribution < -0.4 is 19.1 Å². The molecule has 9 heteroatoms. The van der Waals surface area contributed by atoms with E-state index in [1.54, 1.807) is 42.5 Å². The van der Waals surface area contributed by atoms with Gasteiger partial charge < -0.3 is 19.3 Å². The number of carbonyl (C=O) groups is 2. The van der Waals surface area contributed by atoms with Crippen LogP contribution in [0.2, 0.25) is 0 Å². The molecule has 3 aromatic carbocycles. The van der Waals surface area contributed by atoms with Crippen molar-refractivity contribution in [1.82, 2.24) is 4.98 Å². The Balaban J connectivity index is 1.53. The molecule has 3 heterocycles. The normalized spacial score (nSPS) is 18.1. The van der Waals surface area contributed by atoms with Gasteiger partial charge in [-0.25, -0.2) is 4.98 Å². The lowest BCUT2D eigenvalue weighted by Crippen LogP contribution is -2.29. The summed E-state index contributed by atoms with van der Waals surface area (Å²) < 4.78 is 17.8. The lowest BCUT2D eigenvalue weighted by atomic mass is 9.95. The first-order valence-corrected chi connectivity index (χ1v) is 13.5. The van der Waals surface area contributed by atoms with Gasteiger partial charge in [-0.3, -0.25) is 14.5 Å². The number of fused-ring (bicyclic) bond motifs is 2. The fourth-order valence-corrected chi connectivity index (χ4v) is 6.23. The number of carbonyl (C=O) groups excluding carboxylic acids is 2. The third-order valence-corrected chi connectivity index (χ3v) is 7.79. The number of aliphatic hydroxyl groups excluding tert-OH is 1. The molecule has 1 aromatic heterocycles. The zero-order valence-corrected chi connectivity index (χ0v) is 22.5. The number of anilines is 1. The highest BCUT2D eigenvalue weighted by atomic mass is 32.1. The number of hydrogen-bond donors (Lipinski definition) is 1. The number of rotatable bonds is 5. The SMILES string of the molecule is CCOc1ccc([C@@H]2C(=C(O)c3ccc4c(c3)OCCO4)C(=O)C(=O)N2c2nc3c(C)cc(C)cc3s2)cc1. The average Bonchev–Trinajstić information content (AvgIpc) is 3.47. The van der Waals surface area contributed by atoms with Crippen LogP contribution in [0.5, 0.6) is 17.2 Å². The van der Waals surface area contributed by atoms with Gasteiger partial charge in [-0.1, -0.05) is 29.5 Å². The van der Waals surface area contributed by atoms with Crippen LogP contribution in [-0.4, -0.2) is 41.6 Å². The molecule has 0 unspecified atom stereocenters. The van der Waals surface area contributed by atoms with Gasteiger partial charge >= 0.3 is 5.91 Å². The van der Waals surface area contributed by atoms with Crippen molar-refractivity contribution in [3.8, 4) is 17.2 Å². The molecule has 0 radical (unpaired) electrons. The van der Waals surface area contributed by atoms with Crippen molar-refractivity contribution in [2.45, 2.75) is 26.8 Å². The van der Waals surface area contributed by atoms with Crippen LogP contribution in [0, 0.1) is 13.8 Å². The van der Waals surface area contributed by atoms with Gasteiger partial charge in [0.15, 0.2) is 16.6 Å². The molecular formula is C30H26N2O6S. The molecule has 1 amide bonds. The molecule has 0 spiro atoms. The third-order valence-electron chi connectivity index (χ3n) is 6.79. The van der Waals surface area contributed by atoms with Gasteiger partial charge in [0, 0.05) is 5.56 Å². The highest BCUT2D eigenvalue weighted by molar-refractivity contribution is 7.22. The van der Waals surface area contributed by atoms with Crippen molar-refractivity contribution in [1.29, 1.82) is 0 Å². The molecule has 0 bridgehead atoms. The first-order chi connectivity index (χ1) is 18.9. The van der Waals surface area contributed by atoms with Crippen LogP contribution >= 0.6 is 11.3 Å². The van der Waals surface area contributed by atoms with Crippen molar-refractivity contribution in [2.24, 2.45) is 0 Å². The van der Waals surface area contributed by atoms with Gasteiger partial charge in [0.25, 0.3) is 5.78 Å². The topological polar surface area (TPSA) is 98.2 Å². The molecule has 39 heavy (non-hydrogen) atoms. The molecule has 1 N–H and O–H groups in total. The molecule has 6 rings (SSSR count). The Morgan fingerprint density at radius 2 is 1.79 bits per heavy atom. The summed E-state index contributed by atoms with van der Waals surface area (Å²) in [4.78, 5) is 33.3. The first kappa shape index (κ1) is 24.9. The zero-order valence-electron chi connectivity index (χ0n) is 21.7. The minimum atomic E-state index is -0.893. The number of benzene rings is 3. The zero-order chi connectivity index (χ0) is 27.3. The van der Waals surface area contributed by atoms with E-state index in [1.165, 1.54) is 16.2 Å². The van der Waals surface area contributed by atoms with Gasteiger partial charge in [0.1, 0.15) is 24.7 Å². The maximum atomic E-state index is 13.6. The van der Waals surface area contributed by atoms with Crippen molar-refractivity contribution < 1.29 is 28.9 Å². The van der Waals surface area contributed by atoms with E-state index in [0.717, 1.165) is 21.3 Å². The molecule has 1 atom stereocenters. The molecule has 4 aromatic rings. The third kappa shape index (κ3) is 4.28. The van der Waals surface area contributed by atoms with Crippen molar-refractivity contribution >= 4 is 44.1 Å². The van der Waals surface area contributed by atoms with E-state index in [1.807, 2.05) is 32.9 Å². The molecule has 198 valence electrons. The van der Waals surface area contributed by atoms with Crippen LogP contribution in [0.25, 0.3) is 16.0 Å². The van der Waals surface area contributed by atoms with Crippen molar-refractivity contribution in [3.05, 3.63) is 82.4 Å². The van der Waals surface area contributed by atoms with Crippen LogP contribution in [0.3, 0.4) is 0 Å². The van der Waals surface area contributed by atoms with Gasteiger partial charge in [0.05, 0.1) is 28.4 Å². The molecular weight excluding hydrogens is 516 g/mol. The average molecular weight is 543 g/mol. The minimum Gasteiger partial charge on any atom is -0.507 e. The maximum Gasteiger partial charge on any atom is 0.301 e. The Morgan fingerprint density at radius 1 is 1.05 bits per heavy atom. The van der Waals surface area contributed by atoms with E-state index in [4.69, 9.17) is 19.2 Å². The molecule has 2 aliphatic rings. The predicted octanol–water partition coefficient (Wildman–Crippen LogP) is 5.71. The minimum absolute atomic E-state index is 0.0204. The summed E-state index contributed by atoms with van der Waals surface area (Å²) in [6, 6.07) is 15.3. The number of Topliss-reactive ketones (excluding diaryl/α,β-unsaturated/α-hetero) is 1. The summed E-state index contributed by atoms with van der Waals surface area (Å²) in [6.45, 7) is 7.19. The number of aryl methyl sites for hydroxylation is 2. The van der Waals surface area contributed by atoms with Gasteiger partial charge in [-0.15, -0.1) is 0 Å². The largest absolute Gasteiger partial charge is 0.507 e. The molecule has 0 saturated carbocycles. The fraction of sp³-hybridized carbons (Fsp3) is 0.233. The molecule has 1 saturated heterocycles. The summed E-state index contributed by atoms with van der Waals surface area (Å²) >= 11 is 1.34. The Kier molecular flexibility index (Phi) is 6.23. The Bertz CT molecular complexity index is 1660. The second-order valence-corrected chi connectivity index (χ2v) is 10.5. The number of ketones is 1. The van der Waals surface area contributed by atoms with E-state index in [2.05, 4.69) is 0 Å². The number of hydrogen-bond acceptors (Lipinski definition) is 8. The second kappa shape index (κ2) is 9.74. The van der Waals surface area contributed by atoms with Crippen LogP contribution in [0.1, 0.15) is 35.2 Å². The standard InChI is InChI=1S/C30H26N2O6S/c1-4-36-20-8-5-18(6-9-20)26-24(27(33)19-7-10-21-22(15-19)38-12-11-37-21)28(34)29(35)32(26)30-31-25-17(3)13-16(2)14-23(25)39-30/h5-10,13-15,26,33H,4,11-12H2,1-3H3/t26-/m1/s1. The van der Waals surface area contributed by atoms with E-state index < -0.39 is 17.7 Å². The summed E-state index contributed by atoms with van der Waals surface area (Å²) in [5.74, 6) is -0.138. The number of thiazole rings is 1. The predicted molar refractivity (Wildman–Crippen MR) is 149 cm³/mol. The Labute approximate surface area is 229 Å². The highest BCUT2D eigenvalue weighted by Crippen LogP contribution is 2.45. The first-order valence-electron chi connectivity index (χ1n) is 12.7. The van der Waals surface area contributed by atoms with E-state index in [0.29, 0.717) is 53.3 Å². The molecule has 1 fully saturated rings. The Morgan fingerprint density at radius 3 is 2.54 bits per heavy atom.